The predicted octanol–water partition coefficient (Wildman–Crippen LogP) is 4.05. The van der Waals surface area contributed by atoms with E-state index in [1.807, 2.05) is 30.3 Å². The molecule has 0 aliphatic carbocycles. The average Bonchev–Trinajstić information content (AvgIpc) is 2.45. The SMILES string of the molecule is FC(F)c1cccc(CO/N=[C]\c2ccccc2)c1. The van der Waals surface area contributed by atoms with Crippen LogP contribution in [0.3, 0.4) is 0 Å². The minimum absolute atomic E-state index is 0.0166. The van der Waals surface area contributed by atoms with Crippen LogP contribution in [0, 0.1) is 0 Å². The van der Waals surface area contributed by atoms with Gasteiger partial charge in [0.2, 0.25) is 0 Å². The maximum Gasteiger partial charge on any atom is 0.263 e. The molecule has 0 N–H and O–H groups in total. The topological polar surface area (TPSA) is 21.6 Å². The van der Waals surface area contributed by atoms with Crippen molar-refractivity contribution in [3.8, 4) is 0 Å². The average molecular weight is 260 g/mol. The van der Waals surface area contributed by atoms with Crippen LogP contribution in [0.4, 0.5) is 8.78 Å². The Morgan fingerprint density at radius 2 is 1.84 bits per heavy atom. The number of rotatable bonds is 5. The molecule has 0 fully saturated rings. The Bertz CT molecular complexity index is 541. The molecule has 4 heteroatoms. The number of hydrogen-bond donors (Lipinski definition) is 0. The molecule has 0 aromatic heterocycles. The van der Waals surface area contributed by atoms with Crippen molar-refractivity contribution in [2.24, 2.45) is 5.16 Å². The van der Waals surface area contributed by atoms with Crippen LogP contribution in [0.1, 0.15) is 23.1 Å². The van der Waals surface area contributed by atoms with E-state index in [2.05, 4.69) is 11.4 Å². The third-order valence-corrected chi connectivity index (χ3v) is 2.45. The van der Waals surface area contributed by atoms with E-state index < -0.39 is 6.43 Å². The smallest absolute Gasteiger partial charge is 0.263 e. The van der Waals surface area contributed by atoms with E-state index in [1.165, 1.54) is 12.1 Å². The molecule has 0 aliphatic heterocycles. The van der Waals surface area contributed by atoms with Crippen molar-refractivity contribution in [1.82, 2.24) is 0 Å². The van der Waals surface area contributed by atoms with Gasteiger partial charge in [0.25, 0.3) is 6.43 Å². The third kappa shape index (κ3) is 4.17. The Morgan fingerprint density at radius 3 is 2.58 bits per heavy atom. The first-order chi connectivity index (χ1) is 9.25. The molecule has 1 radical (unpaired) electrons. The second-order valence-electron chi connectivity index (χ2n) is 3.89. The van der Waals surface area contributed by atoms with Gasteiger partial charge in [-0.1, -0.05) is 53.7 Å². The van der Waals surface area contributed by atoms with Gasteiger partial charge in [-0.2, -0.15) is 0 Å². The van der Waals surface area contributed by atoms with Crippen LogP contribution in [0.25, 0.3) is 0 Å². The Kier molecular flexibility index (Phi) is 4.61. The molecule has 2 aromatic carbocycles. The normalized spacial score (nSPS) is 11.1. The van der Waals surface area contributed by atoms with Gasteiger partial charge in [0.1, 0.15) is 12.8 Å². The van der Waals surface area contributed by atoms with Crippen LogP contribution in [0.5, 0.6) is 0 Å². The number of hydrogen-bond acceptors (Lipinski definition) is 2. The van der Waals surface area contributed by atoms with Crippen LogP contribution < -0.4 is 0 Å². The van der Waals surface area contributed by atoms with E-state index in [9.17, 15) is 8.78 Å². The molecule has 2 aromatic rings. The Hall–Kier alpha value is -2.23. The lowest BCUT2D eigenvalue weighted by Crippen LogP contribution is -1.91. The maximum atomic E-state index is 12.5. The molecular weight excluding hydrogens is 248 g/mol. The zero-order valence-electron chi connectivity index (χ0n) is 10.1. The zero-order valence-corrected chi connectivity index (χ0v) is 10.1. The minimum atomic E-state index is -2.47. The van der Waals surface area contributed by atoms with Crippen molar-refractivity contribution in [3.05, 3.63) is 71.3 Å². The lowest BCUT2D eigenvalue weighted by Gasteiger charge is -2.03. The molecule has 2 rings (SSSR count). The molecular formula is C15H12F2NO. The van der Waals surface area contributed by atoms with Crippen LogP contribution in [-0.2, 0) is 11.4 Å². The molecule has 0 saturated carbocycles. The lowest BCUT2D eigenvalue weighted by atomic mass is 10.1. The molecule has 0 spiro atoms. The minimum Gasteiger partial charge on any atom is -0.390 e. The molecule has 0 bridgehead atoms. The van der Waals surface area contributed by atoms with E-state index in [0.29, 0.717) is 5.56 Å². The summed E-state index contributed by atoms with van der Waals surface area (Å²) in [5.41, 5.74) is 1.43. The molecule has 2 nitrogen and oxygen atoms in total. The summed E-state index contributed by atoms with van der Waals surface area (Å²) in [5, 5.41) is 3.67. The van der Waals surface area contributed by atoms with Gasteiger partial charge < -0.3 is 4.84 Å². The number of halogens is 2. The van der Waals surface area contributed by atoms with Crippen molar-refractivity contribution in [2.75, 3.05) is 0 Å². The van der Waals surface area contributed by atoms with Crippen LogP contribution in [-0.4, -0.2) is 6.21 Å². The molecule has 0 atom stereocenters. The van der Waals surface area contributed by atoms with Gasteiger partial charge in [-0.25, -0.2) is 8.78 Å². The van der Waals surface area contributed by atoms with Crippen LogP contribution in [0.2, 0.25) is 0 Å². The number of alkyl halides is 2. The van der Waals surface area contributed by atoms with Crippen molar-refractivity contribution < 1.29 is 13.6 Å². The van der Waals surface area contributed by atoms with Gasteiger partial charge in [0.05, 0.1) is 0 Å². The second kappa shape index (κ2) is 6.64. The molecule has 97 valence electrons. The number of benzene rings is 2. The molecule has 0 saturated heterocycles. The summed E-state index contributed by atoms with van der Waals surface area (Å²) in [6.07, 6.45) is 0.234. The van der Waals surface area contributed by atoms with E-state index in [4.69, 9.17) is 4.84 Å². The first kappa shape index (κ1) is 13.2. The van der Waals surface area contributed by atoms with Gasteiger partial charge in [0.15, 0.2) is 0 Å². The van der Waals surface area contributed by atoms with Gasteiger partial charge >= 0.3 is 0 Å². The summed E-state index contributed by atoms with van der Waals surface area (Å²) >= 11 is 0. The van der Waals surface area contributed by atoms with E-state index in [0.717, 1.165) is 5.56 Å². The van der Waals surface area contributed by atoms with Gasteiger partial charge in [-0.3, -0.25) is 0 Å². The Labute approximate surface area is 110 Å². The summed E-state index contributed by atoms with van der Waals surface area (Å²) < 4.78 is 25.0. The molecule has 0 unspecified atom stereocenters. The highest BCUT2D eigenvalue weighted by molar-refractivity contribution is 5.78. The summed E-state index contributed by atoms with van der Waals surface area (Å²) in [7, 11) is 0. The summed E-state index contributed by atoms with van der Waals surface area (Å²) in [4.78, 5) is 5.03. The fourth-order valence-electron chi connectivity index (χ4n) is 1.52. The fraction of sp³-hybridized carbons (Fsp3) is 0.133. The monoisotopic (exact) mass is 260 g/mol. The van der Waals surface area contributed by atoms with E-state index in [-0.39, 0.29) is 12.2 Å². The van der Waals surface area contributed by atoms with Crippen LogP contribution >= 0.6 is 0 Å². The maximum absolute atomic E-state index is 12.5. The first-order valence-corrected chi connectivity index (χ1v) is 5.76. The van der Waals surface area contributed by atoms with Gasteiger partial charge in [0, 0.05) is 11.1 Å². The summed E-state index contributed by atoms with van der Waals surface area (Å²) in [6.45, 7) is 0.139. The van der Waals surface area contributed by atoms with Crippen molar-refractivity contribution in [2.45, 2.75) is 13.0 Å². The summed E-state index contributed by atoms with van der Waals surface area (Å²) in [6, 6.07) is 15.4. The first-order valence-electron chi connectivity index (χ1n) is 5.76. The highest BCUT2D eigenvalue weighted by atomic mass is 19.3. The standard InChI is InChI=1S/C15H12F2NO/c16-15(17)14-8-4-7-13(9-14)11-19-18-10-12-5-2-1-3-6-12/h1-9,15H,11H2. The Morgan fingerprint density at radius 1 is 1.05 bits per heavy atom. The van der Waals surface area contributed by atoms with E-state index >= 15 is 0 Å². The van der Waals surface area contributed by atoms with E-state index in [1.54, 1.807) is 12.1 Å². The number of nitrogens with zero attached hydrogens (tertiary/aromatic N) is 1. The van der Waals surface area contributed by atoms with Crippen molar-refractivity contribution >= 4 is 6.21 Å². The molecule has 0 aliphatic rings. The zero-order chi connectivity index (χ0) is 13.5. The fourth-order valence-corrected chi connectivity index (χ4v) is 1.52. The van der Waals surface area contributed by atoms with Gasteiger partial charge in [-0.15, -0.1) is 0 Å². The predicted molar refractivity (Wildman–Crippen MR) is 69.2 cm³/mol. The molecule has 0 heterocycles. The van der Waals surface area contributed by atoms with Crippen molar-refractivity contribution in [1.29, 1.82) is 0 Å². The third-order valence-electron chi connectivity index (χ3n) is 2.45. The molecule has 19 heavy (non-hydrogen) atoms. The highest BCUT2D eigenvalue weighted by Gasteiger charge is 2.06. The summed E-state index contributed by atoms with van der Waals surface area (Å²) in [5.74, 6) is 0. The largest absolute Gasteiger partial charge is 0.390 e. The highest BCUT2D eigenvalue weighted by Crippen LogP contribution is 2.19. The Balaban J connectivity index is 1.89. The van der Waals surface area contributed by atoms with Crippen molar-refractivity contribution in [3.63, 3.8) is 0 Å². The second-order valence-corrected chi connectivity index (χ2v) is 3.89. The van der Waals surface area contributed by atoms with Crippen LogP contribution in [0.15, 0.2) is 59.8 Å². The van der Waals surface area contributed by atoms with Gasteiger partial charge in [-0.05, 0) is 11.6 Å². The quantitative estimate of drug-likeness (QED) is 0.587. The lowest BCUT2D eigenvalue weighted by molar-refractivity contribution is 0.130. The molecule has 0 amide bonds.